The van der Waals surface area contributed by atoms with Crippen molar-refractivity contribution in [3.05, 3.63) is 23.7 Å². The van der Waals surface area contributed by atoms with Crippen molar-refractivity contribution in [2.24, 2.45) is 0 Å². The number of hydrogen-bond acceptors (Lipinski definition) is 4. The predicted molar refractivity (Wildman–Crippen MR) is 80.6 cm³/mol. The minimum absolute atomic E-state index is 0.667. The summed E-state index contributed by atoms with van der Waals surface area (Å²) in [4.78, 5) is 5.04. The zero-order valence-corrected chi connectivity index (χ0v) is 12.8. The summed E-state index contributed by atoms with van der Waals surface area (Å²) >= 11 is 0. The Hall–Kier alpha value is -0.840. The molecule has 4 heteroatoms. The topological polar surface area (TPSA) is 31.6 Å². The number of piperazine rings is 1. The average Bonchev–Trinajstić information content (AvgIpc) is 3.17. The van der Waals surface area contributed by atoms with E-state index in [0.717, 1.165) is 38.0 Å². The molecule has 2 aliphatic rings. The first-order valence-electron chi connectivity index (χ1n) is 7.97. The van der Waals surface area contributed by atoms with Crippen LogP contribution in [0.4, 0.5) is 0 Å². The lowest BCUT2D eigenvalue weighted by molar-refractivity contribution is 0.0991. The van der Waals surface area contributed by atoms with Crippen LogP contribution in [0, 0.1) is 0 Å². The van der Waals surface area contributed by atoms with Gasteiger partial charge in [0.25, 0.3) is 0 Å². The Bertz CT molecular complexity index is 417. The van der Waals surface area contributed by atoms with Gasteiger partial charge in [-0.15, -0.1) is 0 Å². The van der Waals surface area contributed by atoms with Crippen LogP contribution in [-0.2, 0) is 13.1 Å². The Morgan fingerprint density at radius 2 is 2.00 bits per heavy atom. The van der Waals surface area contributed by atoms with Gasteiger partial charge < -0.3 is 9.73 Å². The van der Waals surface area contributed by atoms with Crippen LogP contribution in [0.2, 0.25) is 0 Å². The SMILES string of the molecule is CC(C)N1CCN(Cc2cc(CNC3CC3)co2)CC1. The highest BCUT2D eigenvalue weighted by molar-refractivity contribution is 5.13. The highest BCUT2D eigenvalue weighted by atomic mass is 16.3. The number of furan rings is 1. The van der Waals surface area contributed by atoms with Crippen molar-refractivity contribution in [2.45, 2.75) is 51.9 Å². The van der Waals surface area contributed by atoms with E-state index < -0.39 is 0 Å². The minimum Gasteiger partial charge on any atom is -0.468 e. The maximum absolute atomic E-state index is 5.70. The summed E-state index contributed by atoms with van der Waals surface area (Å²) < 4.78 is 5.70. The van der Waals surface area contributed by atoms with Gasteiger partial charge >= 0.3 is 0 Å². The van der Waals surface area contributed by atoms with E-state index in [1.807, 2.05) is 6.26 Å². The van der Waals surface area contributed by atoms with Crippen molar-refractivity contribution in [2.75, 3.05) is 26.2 Å². The molecular formula is C16H27N3O. The van der Waals surface area contributed by atoms with Crippen LogP contribution in [0.3, 0.4) is 0 Å². The summed E-state index contributed by atoms with van der Waals surface area (Å²) in [6, 6.07) is 3.64. The van der Waals surface area contributed by atoms with E-state index in [1.165, 1.54) is 31.5 Å². The van der Waals surface area contributed by atoms with Crippen LogP contribution in [0.5, 0.6) is 0 Å². The molecule has 1 saturated carbocycles. The zero-order valence-electron chi connectivity index (χ0n) is 12.8. The third-order valence-electron chi connectivity index (χ3n) is 4.40. The summed E-state index contributed by atoms with van der Waals surface area (Å²) in [5, 5.41) is 3.53. The molecule has 0 bridgehead atoms. The molecule has 1 aliphatic heterocycles. The molecule has 0 unspecified atom stereocenters. The van der Waals surface area contributed by atoms with Crippen LogP contribution >= 0.6 is 0 Å². The second-order valence-electron chi connectivity index (χ2n) is 6.48. The van der Waals surface area contributed by atoms with Gasteiger partial charge in [-0.25, -0.2) is 0 Å². The van der Waals surface area contributed by atoms with Gasteiger partial charge in [-0.1, -0.05) is 0 Å². The van der Waals surface area contributed by atoms with Crippen molar-refractivity contribution in [1.82, 2.24) is 15.1 Å². The number of nitrogens with one attached hydrogen (secondary N) is 1. The Balaban J connectivity index is 1.43. The average molecular weight is 277 g/mol. The molecule has 3 rings (SSSR count). The lowest BCUT2D eigenvalue weighted by atomic mass is 10.2. The molecule has 20 heavy (non-hydrogen) atoms. The summed E-state index contributed by atoms with van der Waals surface area (Å²) in [6.07, 6.45) is 4.59. The van der Waals surface area contributed by atoms with Gasteiger partial charge in [0.15, 0.2) is 0 Å². The maximum atomic E-state index is 5.70. The molecule has 0 radical (unpaired) electrons. The molecule has 112 valence electrons. The highest BCUT2D eigenvalue weighted by Crippen LogP contribution is 2.20. The van der Waals surface area contributed by atoms with Crippen LogP contribution in [0.25, 0.3) is 0 Å². The van der Waals surface area contributed by atoms with Crippen molar-refractivity contribution in [1.29, 1.82) is 0 Å². The number of nitrogens with zero attached hydrogens (tertiary/aromatic N) is 2. The summed E-state index contributed by atoms with van der Waals surface area (Å²) in [6.45, 7) is 11.1. The van der Waals surface area contributed by atoms with E-state index >= 15 is 0 Å². The van der Waals surface area contributed by atoms with E-state index in [2.05, 4.69) is 35.0 Å². The standard InChI is InChI=1S/C16H27N3O/c1-13(2)19-7-5-18(6-8-19)11-16-9-14(12-20-16)10-17-15-3-4-15/h9,12-13,15,17H,3-8,10-11H2,1-2H3. The first-order chi connectivity index (χ1) is 9.70. The first-order valence-corrected chi connectivity index (χ1v) is 7.97. The third kappa shape index (κ3) is 3.84. The van der Waals surface area contributed by atoms with Gasteiger partial charge in [0.2, 0.25) is 0 Å². The molecule has 0 atom stereocenters. The maximum Gasteiger partial charge on any atom is 0.118 e. The quantitative estimate of drug-likeness (QED) is 0.862. The predicted octanol–water partition coefficient (Wildman–Crippen LogP) is 2.06. The molecule has 2 fully saturated rings. The highest BCUT2D eigenvalue weighted by Gasteiger charge is 2.21. The van der Waals surface area contributed by atoms with Crippen LogP contribution in [0.1, 0.15) is 38.0 Å². The molecule has 1 aliphatic carbocycles. The number of hydrogen-bond donors (Lipinski definition) is 1. The van der Waals surface area contributed by atoms with Gasteiger partial charge in [0, 0.05) is 50.4 Å². The second kappa shape index (κ2) is 6.29. The summed E-state index contributed by atoms with van der Waals surface area (Å²) in [5.41, 5.74) is 1.28. The molecule has 1 saturated heterocycles. The fourth-order valence-corrected chi connectivity index (χ4v) is 2.81. The largest absolute Gasteiger partial charge is 0.468 e. The molecule has 1 aromatic rings. The van der Waals surface area contributed by atoms with Gasteiger partial charge in [0.05, 0.1) is 12.8 Å². The molecule has 0 aromatic carbocycles. The van der Waals surface area contributed by atoms with Gasteiger partial charge in [0.1, 0.15) is 5.76 Å². The van der Waals surface area contributed by atoms with Gasteiger partial charge in [-0.05, 0) is 32.8 Å². The normalized spacial score (nSPS) is 21.8. The van der Waals surface area contributed by atoms with Crippen LogP contribution < -0.4 is 5.32 Å². The van der Waals surface area contributed by atoms with Gasteiger partial charge in [-0.3, -0.25) is 9.80 Å². The molecule has 1 N–H and O–H groups in total. The summed E-state index contributed by atoms with van der Waals surface area (Å²) in [5.74, 6) is 1.11. The van der Waals surface area contributed by atoms with Gasteiger partial charge in [-0.2, -0.15) is 0 Å². The Labute approximate surface area is 122 Å². The Morgan fingerprint density at radius 3 is 2.65 bits per heavy atom. The Morgan fingerprint density at radius 1 is 1.25 bits per heavy atom. The first kappa shape index (κ1) is 14.1. The molecule has 0 amide bonds. The van der Waals surface area contributed by atoms with Crippen LogP contribution in [0.15, 0.2) is 16.7 Å². The van der Waals surface area contributed by atoms with Crippen molar-refractivity contribution in [3.8, 4) is 0 Å². The second-order valence-corrected chi connectivity index (χ2v) is 6.48. The van der Waals surface area contributed by atoms with Crippen molar-refractivity contribution >= 4 is 0 Å². The van der Waals surface area contributed by atoms with Crippen LogP contribution in [-0.4, -0.2) is 48.1 Å². The van der Waals surface area contributed by atoms with E-state index in [4.69, 9.17) is 4.42 Å². The van der Waals surface area contributed by atoms with E-state index in [0.29, 0.717) is 6.04 Å². The lowest BCUT2D eigenvalue weighted by Gasteiger charge is -2.36. The number of rotatable bonds is 6. The van der Waals surface area contributed by atoms with E-state index in [-0.39, 0.29) is 0 Å². The minimum atomic E-state index is 0.667. The fraction of sp³-hybridized carbons (Fsp3) is 0.750. The lowest BCUT2D eigenvalue weighted by Crippen LogP contribution is -2.48. The molecule has 1 aromatic heterocycles. The van der Waals surface area contributed by atoms with E-state index in [9.17, 15) is 0 Å². The Kier molecular flexibility index (Phi) is 4.44. The summed E-state index contributed by atoms with van der Waals surface area (Å²) in [7, 11) is 0. The molecule has 0 spiro atoms. The molecule has 4 nitrogen and oxygen atoms in total. The monoisotopic (exact) mass is 277 g/mol. The smallest absolute Gasteiger partial charge is 0.118 e. The third-order valence-corrected chi connectivity index (χ3v) is 4.40. The van der Waals surface area contributed by atoms with Crippen molar-refractivity contribution in [3.63, 3.8) is 0 Å². The van der Waals surface area contributed by atoms with E-state index in [1.54, 1.807) is 0 Å². The zero-order chi connectivity index (χ0) is 13.9. The molecular weight excluding hydrogens is 250 g/mol. The fourth-order valence-electron chi connectivity index (χ4n) is 2.81. The van der Waals surface area contributed by atoms with Crippen molar-refractivity contribution < 1.29 is 4.42 Å². The molecule has 2 heterocycles.